The van der Waals surface area contributed by atoms with Crippen LogP contribution in [0.4, 0.5) is 0 Å². The Morgan fingerprint density at radius 1 is 1.50 bits per heavy atom. The second kappa shape index (κ2) is 2.19. The third kappa shape index (κ3) is 0.856. The summed E-state index contributed by atoms with van der Waals surface area (Å²) in [6.45, 7) is -0.914. The molecule has 0 atom stereocenters. The fourth-order valence-electron chi connectivity index (χ4n) is 1.52. The van der Waals surface area contributed by atoms with Crippen molar-refractivity contribution in [1.82, 2.24) is 0 Å². The lowest BCUT2D eigenvalue weighted by molar-refractivity contribution is -0.234. The normalized spacial score (nSPS) is 35.3. The second-order valence-corrected chi connectivity index (χ2v) is 2.84. The molecule has 3 heteroatoms. The summed E-state index contributed by atoms with van der Waals surface area (Å²) in [6.07, 6.45) is 0.938. The zero-order valence-electron chi connectivity index (χ0n) is 7.67. The summed E-state index contributed by atoms with van der Waals surface area (Å²) >= 11 is 0. The van der Waals surface area contributed by atoms with E-state index in [0.717, 1.165) is 0 Å². The Hall–Kier alpha value is -0.120. The Morgan fingerprint density at radius 3 is 2.60 bits per heavy atom. The standard InChI is InChI=1S/C7H12O3/c8-5-6-3-7(4-6)9-1-2-10-7/h6,8H,1-5H2/i5D2. The first-order chi connectivity index (χ1) is 5.52. The Labute approximate surface area is 62.7 Å². The number of aliphatic hydroxyl groups is 1. The molecule has 2 rings (SSSR count). The minimum Gasteiger partial charge on any atom is -0.396 e. The Balaban J connectivity index is 1.90. The largest absolute Gasteiger partial charge is 0.396 e. The lowest BCUT2D eigenvalue weighted by atomic mass is 9.79. The maximum atomic E-state index is 9.00. The summed E-state index contributed by atoms with van der Waals surface area (Å²) in [4.78, 5) is 0. The monoisotopic (exact) mass is 146 g/mol. The Morgan fingerprint density at radius 2 is 2.10 bits per heavy atom. The zero-order chi connectivity index (χ0) is 8.82. The zero-order valence-corrected chi connectivity index (χ0v) is 5.67. The van der Waals surface area contributed by atoms with Crippen LogP contribution in [-0.4, -0.2) is 30.7 Å². The number of ether oxygens (including phenoxy) is 2. The molecule has 0 aromatic rings. The van der Waals surface area contributed by atoms with E-state index in [-0.39, 0.29) is 5.92 Å². The fraction of sp³-hybridized carbons (Fsp3) is 1.00. The molecule has 0 radical (unpaired) electrons. The van der Waals surface area contributed by atoms with Crippen LogP contribution in [0.15, 0.2) is 0 Å². The van der Waals surface area contributed by atoms with E-state index in [1.807, 2.05) is 0 Å². The Kier molecular flexibility index (Phi) is 1.03. The summed E-state index contributed by atoms with van der Waals surface area (Å²) in [6, 6.07) is 0. The van der Waals surface area contributed by atoms with E-state index in [0.29, 0.717) is 26.1 Å². The third-order valence-corrected chi connectivity index (χ3v) is 2.11. The van der Waals surface area contributed by atoms with Crippen molar-refractivity contribution >= 4 is 0 Å². The van der Waals surface area contributed by atoms with Gasteiger partial charge in [0.15, 0.2) is 5.79 Å². The minimum absolute atomic E-state index is 0.337. The molecule has 1 spiro atoms. The minimum atomic E-state index is -2.08. The van der Waals surface area contributed by atoms with Gasteiger partial charge in [0.1, 0.15) is 0 Å². The molecule has 3 nitrogen and oxygen atoms in total. The molecule has 1 aliphatic heterocycles. The van der Waals surface area contributed by atoms with Crippen molar-refractivity contribution in [3.05, 3.63) is 0 Å². The molecular formula is C7H12O3. The predicted molar refractivity (Wildman–Crippen MR) is 34.4 cm³/mol. The molecule has 2 fully saturated rings. The number of hydrogen-bond donors (Lipinski definition) is 1. The highest BCUT2D eigenvalue weighted by molar-refractivity contribution is 4.90. The molecule has 1 saturated carbocycles. The Bertz CT molecular complexity index is 176. The summed E-state index contributed by atoms with van der Waals surface area (Å²) in [5, 5.41) is 9.00. The van der Waals surface area contributed by atoms with Crippen molar-refractivity contribution in [2.24, 2.45) is 5.92 Å². The van der Waals surface area contributed by atoms with Gasteiger partial charge in [-0.25, -0.2) is 0 Å². The average Bonchev–Trinajstić information content (AvgIpc) is 2.27. The van der Waals surface area contributed by atoms with Crippen LogP contribution in [0.3, 0.4) is 0 Å². The molecule has 0 aromatic carbocycles. The van der Waals surface area contributed by atoms with Gasteiger partial charge in [0.2, 0.25) is 0 Å². The lowest BCUT2D eigenvalue weighted by Gasteiger charge is -2.41. The first-order valence-electron chi connectivity index (χ1n) is 4.52. The van der Waals surface area contributed by atoms with Crippen LogP contribution in [0, 0.1) is 5.92 Å². The van der Waals surface area contributed by atoms with Gasteiger partial charge in [0.05, 0.1) is 16.0 Å². The van der Waals surface area contributed by atoms with Gasteiger partial charge < -0.3 is 14.6 Å². The van der Waals surface area contributed by atoms with Crippen molar-refractivity contribution < 1.29 is 17.3 Å². The van der Waals surface area contributed by atoms with Crippen molar-refractivity contribution in [2.75, 3.05) is 19.8 Å². The number of rotatable bonds is 1. The van der Waals surface area contributed by atoms with Crippen LogP contribution in [0.2, 0.25) is 0 Å². The third-order valence-electron chi connectivity index (χ3n) is 2.11. The highest BCUT2D eigenvalue weighted by Gasteiger charge is 2.48. The fourth-order valence-corrected chi connectivity index (χ4v) is 1.52. The van der Waals surface area contributed by atoms with Crippen LogP contribution in [0.1, 0.15) is 15.6 Å². The van der Waals surface area contributed by atoms with E-state index in [9.17, 15) is 0 Å². The van der Waals surface area contributed by atoms with Gasteiger partial charge in [-0.1, -0.05) is 0 Å². The van der Waals surface area contributed by atoms with E-state index in [2.05, 4.69) is 0 Å². The van der Waals surface area contributed by atoms with E-state index < -0.39 is 12.3 Å². The smallest absolute Gasteiger partial charge is 0.169 e. The molecule has 1 heterocycles. The molecule has 1 saturated heterocycles. The van der Waals surface area contributed by atoms with Crippen LogP contribution in [-0.2, 0) is 9.47 Å². The summed E-state index contributed by atoms with van der Waals surface area (Å²) in [5.41, 5.74) is 0. The van der Waals surface area contributed by atoms with Crippen LogP contribution < -0.4 is 0 Å². The maximum Gasteiger partial charge on any atom is 0.169 e. The maximum absolute atomic E-state index is 9.00. The van der Waals surface area contributed by atoms with Gasteiger partial charge in [-0.2, -0.15) is 0 Å². The van der Waals surface area contributed by atoms with Crippen LogP contribution in [0.5, 0.6) is 0 Å². The average molecular weight is 146 g/mol. The first kappa shape index (κ1) is 4.70. The molecule has 58 valence electrons. The predicted octanol–water partition coefficient (Wildman–Crippen LogP) is 0.132. The summed E-state index contributed by atoms with van der Waals surface area (Å²) < 4.78 is 24.7. The van der Waals surface area contributed by atoms with Crippen molar-refractivity contribution in [3.8, 4) is 0 Å². The number of hydrogen-bond acceptors (Lipinski definition) is 3. The summed E-state index contributed by atoms with van der Waals surface area (Å²) in [7, 11) is 0. The van der Waals surface area contributed by atoms with Crippen molar-refractivity contribution in [2.45, 2.75) is 18.6 Å². The first-order valence-corrected chi connectivity index (χ1v) is 3.52. The molecule has 0 amide bonds. The van der Waals surface area contributed by atoms with Gasteiger partial charge in [-0.3, -0.25) is 0 Å². The molecule has 1 aliphatic carbocycles. The highest BCUT2D eigenvalue weighted by atomic mass is 16.7. The lowest BCUT2D eigenvalue weighted by Crippen LogP contribution is -2.46. The van der Waals surface area contributed by atoms with Gasteiger partial charge in [-0.15, -0.1) is 0 Å². The quantitative estimate of drug-likeness (QED) is 0.571. The van der Waals surface area contributed by atoms with Crippen LogP contribution >= 0.6 is 0 Å². The van der Waals surface area contributed by atoms with Crippen molar-refractivity contribution in [1.29, 1.82) is 0 Å². The van der Waals surface area contributed by atoms with Crippen LogP contribution in [0.25, 0.3) is 0 Å². The summed E-state index contributed by atoms with van der Waals surface area (Å²) in [5.74, 6) is -0.892. The highest BCUT2D eigenvalue weighted by Crippen LogP contribution is 2.43. The van der Waals surface area contributed by atoms with Gasteiger partial charge in [0.25, 0.3) is 0 Å². The molecule has 10 heavy (non-hydrogen) atoms. The molecule has 0 bridgehead atoms. The molecule has 0 unspecified atom stereocenters. The van der Waals surface area contributed by atoms with Gasteiger partial charge in [0, 0.05) is 19.4 Å². The van der Waals surface area contributed by atoms with E-state index >= 15 is 0 Å². The molecule has 1 N–H and O–H groups in total. The van der Waals surface area contributed by atoms with E-state index in [1.54, 1.807) is 0 Å². The van der Waals surface area contributed by atoms with Gasteiger partial charge >= 0.3 is 0 Å². The topological polar surface area (TPSA) is 38.7 Å². The van der Waals surface area contributed by atoms with E-state index in [1.165, 1.54) is 0 Å². The second-order valence-electron chi connectivity index (χ2n) is 2.84. The van der Waals surface area contributed by atoms with E-state index in [4.69, 9.17) is 17.3 Å². The molecular weight excluding hydrogens is 132 g/mol. The van der Waals surface area contributed by atoms with Crippen molar-refractivity contribution in [3.63, 3.8) is 0 Å². The molecule has 0 aromatic heterocycles. The SMILES string of the molecule is [2H]C([2H])(O)C1CC2(C1)OCCO2. The van der Waals surface area contributed by atoms with Gasteiger partial charge in [-0.05, 0) is 5.92 Å². The molecule has 2 aliphatic rings.